The van der Waals surface area contributed by atoms with Gasteiger partial charge in [-0.3, -0.25) is 4.79 Å². The van der Waals surface area contributed by atoms with Gasteiger partial charge in [-0.1, -0.05) is 59.8 Å². The van der Waals surface area contributed by atoms with Crippen molar-refractivity contribution < 1.29 is 24.2 Å². The molecule has 3 aromatic carbocycles. The Kier molecular flexibility index (Phi) is 8.43. The molecule has 0 bridgehead atoms. The Bertz CT molecular complexity index is 1120. The summed E-state index contributed by atoms with van der Waals surface area (Å²) in [4.78, 5) is 15.8. The van der Waals surface area contributed by atoms with E-state index >= 15 is 0 Å². The maximum Gasteiger partial charge on any atom is 0.305 e. The number of nitrogens with zero attached hydrogens (tertiary/aromatic N) is 2. The number of hydrogen-bond donors (Lipinski definition) is 1. The number of benzene rings is 3. The fourth-order valence-electron chi connectivity index (χ4n) is 3.16. The monoisotopic (exact) mass is 444 g/mol. The highest BCUT2D eigenvalue weighted by Crippen LogP contribution is 2.23. The van der Waals surface area contributed by atoms with E-state index in [1.807, 2.05) is 60.7 Å². The van der Waals surface area contributed by atoms with Gasteiger partial charge in [0.05, 0.1) is 18.4 Å². The molecule has 0 saturated heterocycles. The molecule has 3 rings (SSSR count). The predicted octanol–water partition coefficient (Wildman–Crippen LogP) is 4.78. The largest absolute Gasteiger partial charge is 0.489 e. The molecule has 0 aliphatic carbocycles. The molecule has 0 saturated carbocycles. The molecule has 1 N–H and O–H groups in total. The summed E-state index contributed by atoms with van der Waals surface area (Å²) < 4.78 is 11.7. The smallest absolute Gasteiger partial charge is 0.305 e. The second-order valence-electron chi connectivity index (χ2n) is 7.16. The molecule has 0 fully saturated rings. The first-order valence-electron chi connectivity index (χ1n) is 10.3. The molecular weight excluding hydrogens is 420 g/mol. The molecule has 0 heterocycles. The van der Waals surface area contributed by atoms with Crippen molar-refractivity contribution in [3.8, 4) is 17.6 Å². The number of hydrogen-bond acceptors (Lipinski definition) is 6. The maximum atomic E-state index is 10.9. The van der Waals surface area contributed by atoms with Gasteiger partial charge in [0.2, 0.25) is 0 Å². The molecule has 7 heteroatoms. The van der Waals surface area contributed by atoms with Gasteiger partial charge in [-0.2, -0.15) is 5.26 Å². The van der Waals surface area contributed by atoms with Crippen molar-refractivity contribution >= 4 is 11.7 Å². The third kappa shape index (κ3) is 7.11. The van der Waals surface area contributed by atoms with E-state index in [1.54, 1.807) is 24.3 Å². The standard InChI is InChI=1S/C26H24N2O5/c1-31-28-25(21-7-3-2-4-8-21)18-33-24-9-5-6-19(14-24)17-32-23-12-10-20(11-13-23)22(16-27)15-26(29)30/h2-14,22H,15,17-18H2,1H3,(H,29,30)/b28-25-. The molecule has 0 radical (unpaired) electrons. The third-order valence-electron chi connectivity index (χ3n) is 4.81. The van der Waals surface area contributed by atoms with E-state index in [9.17, 15) is 10.1 Å². The van der Waals surface area contributed by atoms with Crippen LogP contribution in [0.2, 0.25) is 0 Å². The Morgan fingerprint density at radius 2 is 1.76 bits per heavy atom. The molecule has 33 heavy (non-hydrogen) atoms. The van der Waals surface area contributed by atoms with E-state index in [0.717, 1.165) is 11.1 Å². The van der Waals surface area contributed by atoms with Crippen molar-refractivity contribution in [2.75, 3.05) is 13.7 Å². The summed E-state index contributed by atoms with van der Waals surface area (Å²) in [7, 11) is 1.50. The van der Waals surface area contributed by atoms with Crippen molar-refractivity contribution in [3.63, 3.8) is 0 Å². The van der Waals surface area contributed by atoms with E-state index in [-0.39, 0.29) is 13.0 Å². The number of rotatable bonds is 11. The van der Waals surface area contributed by atoms with Gasteiger partial charge < -0.3 is 19.4 Å². The number of carboxylic acids is 1. The zero-order valence-corrected chi connectivity index (χ0v) is 18.2. The molecule has 3 aromatic rings. The lowest BCUT2D eigenvalue weighted by atomic mass is 9.97. The molecule has 1 unspecified atom stereocenters. The van der Waals surface area contributed by atoms with Gasteiger partial charge in [-0.05, 0) is 35.4 Å². The Labute approximate surface area is 192 Å². The molecule has 0 spiro atoms. The first-order valence-corrected chi connectivity index (χ1v) is 10.3. The minimum Gasteiger partial charge on any atom is -0.489 e. The number of carbonyl (C=O) groups is 1. The lowest BCUT2D eigenvalue weighted by Gasteiger charge is -2.12. The van der Waals surface area contributed by atoms with Gasteiger partial charge in [-0.15, -0.1) is 0 Å². The minimum atomic E-state index is -1.01. The second kappa shape index (κ2) is 11.9. The zero-order chi connectivity index (χ0) is 23.5. The number of nitriles is 1. The highest BCUT2D eigenvalue weighted by atomic mass is 16.6. The topological polar surface area (TPSA) is 101 Å². The number of aliphatic carboxylic acids is 1. The van der Waals surface area contributed by atoms with Crippen molar-refractivity contribution in [2.45, 2.75) is 18.9 Å². The van der Waals surface area contributed by atoms with Crippen molar-refractivity contribution in [3.05, 3.63) is 95.6 Å². The molecule has 0 amide bonds. The van der Waals surface area contributed by atoms with E-state index < -0.39 is 11.9 Å². The lowest BCUT2D eigenvalue weighted by molar-refractivity contribution is -0.137. The van der Waals surface area contributed by atoms with Gasteiger partial charge in [0.1, 0.15) is 37.5 Å². The van der Waals surface area contributed by atoms with Crippen LogP contribution in [0, 0.1) is 11.3 Å². The first-order chi connectivity index (χ1) is 16.1. The van der Waals surface area contributed by atoms with Crippen molar-refractivity contribution in [2.24, 2.45) is 5.16 Å². The van der Waals surface area contributed by atoms with Gasteiger partial charge >= 0.3 is 5.97 Å². The Morgan fingerprint density at radius 1 is 1.00 bits per heavy atom. The normalized spacial score (nSPS) is 11.8. The van der Waals surface area contributed by atoms with E-state index in [4.69, 9.17) is 19.4 Å². The van der Waals surface area contributed by atoms with Gasteiger partial charge in [0, 0.05) is 5.56 Å². The highest BCUT2D eigenvalue weighted by Gasteiger charge is 2.14. The van der Waals surface area contributed by atoms with Gasteiger partial charge in [0.25, 0.3) is 0 Å². The molecule has 1 atom stereocenters. The maximum absolute atomic E-state index is 10.9. The summed E-state index contributed by atoms with van der Waals surface area (Å²) in [6.45, 7) is 0.574. The average Bonchev–Trinajstić information content (AvgIpc) is 2.85. The number of carboxylic acid groups (broad SMARTS) is 1. The summed E-state index contributed by atoms with van der Waals surface area (Å²) in [5.74, 6) is -0.395. The molecule has 0 aromatic heterocycles. The van der Waals surface area contributed by atoms with Crippen LogP contribution in [-0.2, 0) is 16.2 Å². The Morgan fingerprint density at radius 3 is 2.42 bits per heavy atom. The quantitative estimate of drug-likeness (QED) is 0.337. The van der Waals surface area contributed by atoms with Crippen molar-refractivity contribution in [1.82, 2.24) is 0 Å². The molecular formula is C26H24N2O5. The van der Waals surface area contributed by atoms with Crippen LogP contribution < -0.4 is 9.47 Å². The summed E-state index contributed by atoms with van der Waals surface area (Å²) in [5, 5.41) is 22.2. The Balaban J connectivity index is 1.58. The first kappa shape index (κ1) is 23.4. The van der Waals surface area contributed by atoms with Crippen LogP contribution >= 0.6 is 0 Å². The fraction of sp³-hybridized carbons (Fsp3) is 0.192. The summed E-state index contributed by atoms with van der Waals surface area (Å²) in [6, 6.07) is 26.2. The highest BCUT2D eigenvalue weighted by molar-refractivity contribution is 6.01. The number of ether oxygens (including phenoxy) is 2. The summed E-state index contributed by atoms with van der Waals surface area (Å²) >= 11 is 0. The van der Waals surface area contributed by atoms with E-state index in [0.29, 0.717) is 29.4 Å². The zero-order valence-electron chi connectivity index (χ0n) is 18.2. The second-order valence-corrected chi connectivity index (χ2v) is 7.16. The minimum absolute atomic E-state index is 0.232. The van der Waals surface area contributed by atoms with Crippen LogP contribution in [0.1, 0.15) is 29.0 Å². The summed E-state index contributed by atoms with van der Waals surface area (Å²) in [6.07, 6.45) is -0.232. The average molecular weight is 444 g/mol. The SMILES string of the molecule is CO/N=C(/COc1cccc(COc2ccc(C(C#N)CC(=O)O)cc2)c1)c1ccccc1. The lowest BCUT2D eigenvalue weighted by Crippen LogP contribution is -2.13. The predicted molar refractivity (Wildman–Crippen MR) is 123 cm³/mol. The van der Waals surface area contributed by atoms with E-state index in [1.165, 1.54) is 7.11 Å². The van der Waals surface area contributed by atoms with Gasteiger partial charge in [-0.25, -0.2) is 0 Å². The van der Waals surface area contributed by atoms with E-state index in [2.05, 4.69) is 5.16 Å². The molecule has 0 aliphatic heterocycles. The van der Waals surface area contributed by atoms with Crippen LogP contribution in [0.15, 0.2) is 84.0 Å². The summed E-state index contributed by atoms with van der Waals surface area (Å²) in [5.41, 5.74) is 3.17. The van der Waals surface area contributed by atoms with Crippen molar-refractivity contribution in [1.29, 1.82) is 5.26 Å². The third-order valence-corrected chi connectivity index (χ3v) is 4.81. The van der Waals surface area contributed by atoms with Crippen LogP contribution in [0.3, 0.4) is 0 Å². The van der Waals surface area contributed by atoms with Crippen LogP contribution in [-0.4, -0.2) is 30.5 Å². The molecule has 7 nitrogen and oxygen atoms in total. The molecule has 168 valence electrons. The fourth-order valence-corrected chi connectivity index (χ4v) is 3.16. The van der Waals surface area contributed by atoms with Crippen LogP contribution in [0.25, 0.3) is 0 Å². The van der Waals surface area contributed by atoms with Crippen LogP contribution in [0.5, 0.6) is 11.5 Å². The van der Waals surface area contributed by atoms with Crippen LogP contribution in [0.4, 0.5) is 0 Å². The Hall–Kier alpha value is -4.31. The molecule has 0 aliphatic rings. The van der Waals surface area contributed by atoms with Gasteiger partial charge in [0.15, 0.2) is 0 Å². The number of oxime groups is 1.